The Morgan fingerprint density at radius 1 is 1.00 bits per heavy atom. The number of Topliss-reactive ketones (excluding diaryl/α,β-unsaturated/α-hetero) is 1. The van der Waals surface area contributed by atoms with Crippen LogP contribution in [0.5, 0.6) is 28.7 Å². The van der Waals surface area contributed by atoms with E-state index in [-0.39, 0.29) is 17.9 Å². The zero-order valence-electron chi connectivity index (χ0n) is 24.2. The van der Waals surface area contributed by atoms with Crippen LogP contribution in [0.3, 0.4) is 0 Å². The molecule has 0 unspecified atom stereocenters. The second kappa shape index (κ2) is 12.3. The predicted molar refractivity (Wildman–Crippen MR) is 166 cm³/mol. The summed E-state index contributed by atoms with van der Waals surface area (Å²) in [5, 5.41) is 12.0. The van der Waals surface area contributed by atoms with Gasteiger partial charge in [0, 0.05) is 5.56 Å². The summed E-state index contributed by atoms with van der Waals surface area (Å²) in [6, 6.07) is 14.5. The number of anilines is 1. The third-order valence-electron chi connectivity index (χ3n) is 7.07. The van der Waals surface area contributed by atoms with E-state index in [1.807, 2.05) is 19.9 Å². The summed E-state index contributed by atoms with van der Waals surface area (Å²) in [4.78, 5) is 33.6. The van der Waals surface area contributed by atoms with Crippen LogP contribution in [0.15, 0.2) is 72.8 Å². The molecule has 1 amide bonds. The molecule has 6 rings (SSSR count). The molecule has 2 aliphatic rings. The number of ketones is 1. The second-order valence-corrected chi connectivity index (χ2v) is 10.8. The van der Waals surface area contributed by atoms with E-state index in [2.05, 4.69) is 6.58 Å². The molecule has 44 heavy (non-hydrogen) atoms. The lowest BCUT2D eigenvalue weighted by Crippen LogP contribution is -2.29. The summed E-state index contributed by atoms with van der Waals surface area (Å²) in [6.07, 6.45) is 1.62. The maximum Gasteiger partial charge on any atom is 0.301 e. The van der Waals surface area contributed by atoms with Gasteiger partial charge in [0.2, 0.25) is 0 Å². The maximum atomic E-state index is 13.8. The van der Waals surface area contributed by atoms with Gasteiger partial charge in [-0.3, -0.25) is 14.5 Å². The number of aromatic nitrogens is 1. The van der Waals surface area contributed by atoms with Crippen LogP contribution in [0.25, 0.3) is 16.0 Å². The van der Waals surface area contributed by atoms with Crippen molar-refractivity contribution in [3.63, 3.8) is 0 Å². The number of benzene rings is 3. The molecule has 2 aliphatic heterocycles. The monoisotopic (exact) mass is 614 g/mol. The Labute approximate surface area is 257 Å². The number of aliphatic hydroxyl groups excluding tert-OH is 1. The number of hydrogen-bond acceptors (Lipinski definition) is 10. The first-order valence-corrected chi connectivity index (χ1v) is 15.0. The molecule has 0 saturated carbocycles. The number of carbonyl (C=O) groups is 2. The molecule has 0 radical (unpaired) electrons. The van der Waals surface area contributed by atoms with Gasteiger partial charge in [0.25, 0.3) is 5.78 Å². The lowest BCUT2D eigenvalue weighted by molar-refractivity contribution is -0.132. The summed E-state index contributed by atoms with van der Waals surface area (Å²) in [7, 11) is 0. The number of hydrogen-bond donors (Lipinski definition) is 1. The van der Waals surface area contributed by atoms with E-state index < -0.39 is 17.7 Å². The highest BCUT2D eigenvalue weighted by molar-refractivity contribution is 7.22. The Balaban J connectivity index is 1.52. The minimum atomic E-state index is -1.03. The Kier molecular flexibility index (Phi) is 8.12. The van der Waals surface area contributed by atoms with Crippen molar-refractivity contribution in [3.8, 4) is 28.7 Å². The highest BCUT2D eigenvalue weighted by Crippen LogP contribution is 2.46. The molecular formula is C33H30N2O8S. The van der Waals surface area contributed by atoms with E-state index in [0.717, 1.165) is 4.70 Å². The Hall–Kier alpha value is -5.03. The van der Waals surface area contributed by atoms with Crippen molar-refractivity contribution in [2.45, 2.75) is 19.9 Å². The van der Waals surface area contributed by atoms with Crippen LogP contribution in [0.4, 0.5) is 5.13 Å². The average molecular weight is 615 g/mol. The first-order chi connectivity index (χ1) is 21.4. The van der Waals surface area contributed by atoms with Gasteiger partial charge in [0.05, 0.1) is 35.0 Å². The van der Waals surface area contributed by atoms with Crippen LogP contribution < -0.4 is 28.6 Å². The first-order valence-electron chi connectivity index (χ1n) is 14.2. The maximum absolute atomic E-state index is 13.8. The number of nitrogens with zero attached hydrogens (tertiary/aromatic N) is 2. The fourth-order valence-electron chi connectivity index (χ4n) is 5.17. The van der Waals surface area contributed by atoms with Crippen LogP contribution in [0.1, 0.15) is 31.0 Å². The van der Waals surface area contributed by atoms with Gasteiger partial charge in [-0.2, -0.15) is 0 Å². The summed E-state index contributed by atoms with van der Waals surface area (Å²) >= 11 is 1.25. The molecular weight excluding hydrogens is 584 g/mol. The molecule has 1 aromatic heterocycles. The van der Waals surface area contributed by atoms with E-state index in [4.69, 9.17) is 28.7 Å². The zero-order chi connectivity index (χ0) is 30.8. The molecule has 10 nitrogen and oxygen atoms in total. The average Bonchev–Trinajstić information content (AvgIpc) is 3.57. The molecule has 4 aromatic rings. The number of rotatable bonds is 10. The molecule has 0 bridgehead atoms. The van der Waals surface area contributed by atoms with Crippen LogP contribution in [0.2, 0.25) is 0 Å². The molecule has 11 heteroatoms. The molecule has 0 aliphatic carbocycles. The molecule has 0 spiro atoms. The minimum Gasteiger partial charge on any atom is -0.507 e. The quantitative estimate of drug-likeness (QED) is 0.0985. The van der Waals surface area contributed by atoms with Crippen LogP contribution in [-0.4, -0.2) is 54.8 Å². The fraction of sp³-hybridized carbons (Fsp3) is 0.242. The van der Waals surface area contributed by atoms with E-state index in [1.54, 1.807) is 54.6 Å². The van der Waals surface area contributed by atoms with Gasteiger partial charge in [0.1, 0.15) is 31.3 Å². The van der Waals surface area contributed by atoms with E-state index in [0.29, 0.717) is 77.0 Å². The SMILES string of the molecule is C=CCOc1ccc([C@@H]2C(=C(O)c3ccc4c(c3)OCCO4)C(=O)C(=O)N2c2nc3ccc(OCC)cc3s2)cc1OCC. The largest absolute Gasteiger partial charge is 0.507 e. The van der Waals surface area contributed by atoms with Crippen molar-refractivity contribution in [2.75, 3.05) is 37.9 Å². The number of aliphatic hydroxyl groups is 1. The summed E-state index contributed by atoms with van der Waals surface area (Å²) in [5.74, 6) is 0.517. The molecule has 226 valence electrons. The van der Waals surface area contributed by atoms with Crippen molar-refractivity contribution in [3.05, 3.63) is 84.0 Å². The topological polar surface area (TPSA) is 117 Å². The third-order valence-corrected chi connectivity index (χ3v) is 8.08. The molecule has 1 fully saturated rings. The molecule has 1 saturated heterocycles. The number of fused-ring (bicyclic) bond motifs is 2. The number of thiazole rings is 1. The van der Waals surface area contributed by atoms with Gasteiger partial charge in [-0.15, -0.1) is 0 Å². The predicted octanol–water partition coefficient (Wildman–Crippen LogP) is 6.06. The van der Waals surface area contributed by atoms with E-state index >= 15 is 0 Å². The summed E-state index contributed by atoms with van der Waals surface area (Å²) in [6.45, 7) is 9.31. The number of ether oxygens (including phenoxy) is 5. The fourth-order valence-corrected chi connectivity index (χ4v) is 6.20. The highest BCUT2D eigenvalue weighted by atomic mass is 32.1. The highest BCUT2D eigenvalue weighted by Gasteiger charge is 2.48. The van der Waals surface area contributed by atoms with Gasteiger partial charge in [-0.1, -0.05) is 30.1 Å². The van der Waals surface area contributed by atoms with Crippen molar-refractivity contribution >= 4 is 44.1 Å². The molecule has 3 heterocycles. The molecule has 3 aromatic carbocycles. The van der Waals surface area contributed by atoms with Gasteiger partial charge in [-0.05, 0) is 67.9 Å². The van der Waals surface area contributed by atoms with Gasteiger partial charge < -0.3 is 28.8 Å². The lowest BCUT2D eigenvalue weighted by atomic mass is 9.95. The second-order valence-electron chi connectivity index (χ2n) is 9.83. The summed E-state index contributed by atoms with van der Waals surface area (Å²) in [5.41, 5.74) is 1.37. The molecule has 1 N–H and O–H groups in total. The van der Waals surface area contributed by atoms with Crippen molar-refractivity contribution < 1.29 is 38.4 Å². The van der Waals surface area contributed by atoms with Gasteiger partial charge >= 0.3 is 5.91 Å². The van der Waals surface area contributed by atoms with Gasteiger partial charge in [0.15, 0.2) is 28.1 Å². The van der Waals surface area contributed by atoms with Crippen LogP contribution in [-0.2, 0) is 9.59 Å². The van der Waals surface area contributed by atoms with Crippen molar-refractivity contribution in [2.24, 2.45) is 0 Å². The van der Waals surface area contributed by atoms with Crippen molar-refractivity contribution in [1.29, 1.82) is 0 Å². The normalized spacial score (nSPS) is 17.1. The first kappa shape index (κ1) is 29.1. The third kappa shape index (κ3) is 5.30. The van der Waals surface area contributed by atoms with E-state index in [1.165, 1.54) is 16.2 Å². The van der Waals surface area contributed by atoms with Crippen LogP contribution >= 0.6 is 11.3 Å². The van der Waals surface area contributed by atoms with E-state index in [9.17, 15) is 14.7 Å². The minimum absolute atomic E-state index is 0.0943. The molecule has 1 atom stereocenters. The lowest BCUT2D eigenvalue weighted by Gasteiger charge is -2.24. The Morgan fingerprint density at radius 2 is 1.80 bits per heavy atom. The van der Waals surface area contributed by atoms with Gasteiger partial charge in [-0.25, -0.2) is 4.98 Å². The zero-order valence-corrected chi connectivity index (χ0v) is 25.0. The number of carbonyl (C=O) groups excluding carboxylic acids is 2. The Morgan fingerprint density at radius 3 is 2.57 bits per heavy atom. The number of amides is 1. The Bertz CT molecular complexity index is 1800. The summed E-state index contributed by atoms with van der Waals surface area (Å²) < 4.78 is 29.4. The van der Waals surface area contributed by atoms with Crippen molar-refractivity contribution in [1.82, 2.24) is 4.98 Å². The smallest absolute Gasteiger partial charge is 0.301 e. The standard InChI is InChI=1S/C33H30N2O8S/c1-4-13-41-23-11-7-19(16-25(23)40-6-3)29-28(30(36)20-8-12-24-26(17-20)43-15-14-42-24)31(37)32(38)35(29)33-34-22-10-9-21(39-5-2)18-27(22)44-33/h4,7-12,16-18,29,36H,1,5-6,13-15H2,2-3H3/t29-/m1/s1. The van der Waals surface area contributed by atoms with Crippen LogP contribution in [0, 0.1) is 0 Å².